The van der Waals surface area contributed by atoms with Gasteiger partial charge < -0.3 is 10.1 Å². The van der Waals surface area contributed by atoms with Crippen molar-refractivity contribution in [2.75, 3.05) is 26.2 Å². The first kappa shape index (κ1) is 20.5. The molecule has 2 aromatic carbocycles. The van der Waals surface area contributed by atoms with Crippen LogP contribution in [0.1, 0.15) is 18.4 Å². The fourth-order valence-corrected chi connectivity index (χ4v) is 4.59. The summed E-state index contributed by atoms with van der Waals surface area (Å²) < 4.78 is 32.9. The lowest BCUT2D eigenvalue weighted by Crippen LogP contribution is -2.43. The highest BCUT2D eigenvalue weighted by molar-refractivity contribution is 7.89. The Morgan fingerprint density at radius 2 is 1.75 bits per heavy atom. The number of nitrogens with one attached hydrogen (secondary N) is 1. The monoisotopic (exact) mass is 402 g/mol. The van der Waals surface area contributed by atoms with Gasteiger partial charge >= 0.3 is 0 Å². The quantitative estimate of drug-likeness (QED) is 0.698. The highest BCUT2D eigenvalue weighted by Gasteiger charge is 2.26. The molecule has 1 heterocycles. The molecule has 6 nitrogen and oxygen atoms in total. The van der Waals surface area contributed by atoms with Crippen LogP contribution in [0.3, 0.4) is 0 Å². The molecule has 1 N–H and O–H groups in total. The van der Waals surface area contributed by atoms with Crippen molar-refractivity contribution in [1.82, 2.24) is 9.62 Å². The molecule has 1 fully saturated rings. The minimum atomic E-state index is -3.76. The fourth-order valence-electron chi connectivity index (χ4n) is 3.17. The molecule has 3 rings (SSSR count). The van der Waals surface area contributed by atoms with E-state index in [1.54, 1.807) is 30.3 Å². The molecule has 0 unspecified atom stereocenters. The van der Waals surface area contributed by atoms with Crippen molar-refractivity contribution in [3.8, 4) is 0 Å². The number of carbonyl (C=O) groups is 1. The zero-order valence-corrected chi connectivity index (χ0v) is 16.6. The maximum Gasteiger partial charge on any atom is 0.243 e. The number of hydrogen-bond acceptors (Lipinski definition) is 4. The number of sulfonamides is 1. The first-order chi connectivity index (χ1) is 13.6. The van der Waals surface area contributed by atoms with E-state index < -0.39 is 10.0 Å². The summed E-state index contributed by atoms with van der Waals surface area (Å²) in [6, 6.07) is 17.9. The summed E-state index contributed by atoms with van der Waals surface area (Å²) in [5.41, 5.74) is 1.02. The van der Waals surface area contributed by atoms with Gasteiger partial charge in [-0.1, -0.05) is 48.5 Å². The van der Waals surface area contributed by atoms with Crippen LogP contribution >= 0.6 is 0 Å². The molecular weight excluding hydrogens is 376 g/mol. The van der Waals surface area contributed by atoms with Gasteiger partial charge in [0.2, 0.25) is 15.9 Å². The third-order valence-corrected chi connectivity index (χ3v) is 6.60. The summed E-state index contributed by atoms with van der Waals surface area (Å²) in [6.45, 7) is 1.15. The van der Waals surface area contributed by atoms with Crippen LogP contribution in [-0.2, 0) is 26.0 Å². The lowest BCUT2D eigenvalue weighted by molar-refractivity contribution is -0.121. The van der Waals surface area contributed by atoms with Crippen molar-refractivity contribution in [3.63, 3.8) is 0 Å². The van der Waals surface area contributed by atoms with Crippen molar-refractivity contribution in [3.05, 3.63) is 66.2 Å². The average molecular weight is 403 g/mol. The molecule has 0 aliphatic carbocycles. The van der Waals surface area contributed by atoms with Crippen molar-refractivity contribution in [2.24, 2.45) is 0 Å². The van der Waals surface area contributed by atoms with E-state index in [0.29, 0.717) is 19.6 Å². The number of nitrogens with zero attached hydrogens (tertiary/aromatic N) is 1. The Balaban J connectivity index is 1.69. The highest BCUT2D eigenvalue weighted by Crippen LogP contribution is 2.16. The van der Waals surface area contributed by atoms with E-state index in [-0.39, 0.29) is 30.0 Å². The normalized spacial score (nSPS) is 17.0. The van der Waals surface area contributed by atoms with E-state index in [2.05, 4.69) is 5.32 Å². The maximum atomic E-state index is 13.1. The van der Waals surface area contributed by atoms with E-state index in [9.17, 15) is 13.2 Å². The average Bonchev–Trinajstić information content (AvgIpc) is 3.24. The van der Waals surface area contributed by atoms with Crippen LogP contribution in [0, 0.1) is 0 Å². The molecule has 28 heavy (non-hydrogen) atoms. The first-order valence-corrected chi connectivity index (χ1v) is 11.0. The Morgan fingerprint density at radius 1 is 1.07 bits per heavy atom. The number of benzene rings is 2. The standard InChI is InChI=1S/C21H26N2O4S/c24-21(22-16-19-10-7-15-27-19)17-23(14-13-18-8-3-1-4-9-18)28(25,26)20-11-5-2-6-12-20/h1-6,8-9,11-12,19H,7,10,13-17H2,(H,22,24)/t19-/m1/s1. The van der Waals surface area contributed by atoms with Gasteiger partial charge in [0.15, 0.2) is 0 Å². The molecule has 1 amide bonds. The van der Waals surface area contributed by atoms with Crippen LogP contribution in [0.5, 0.6) is 0 Å². The Hall–Kier alpha value is -2.22. The molecule has 0 saturated carbocycles. The smallest absolute Gasteiger partial charge is 0.243 e. The predicted molar refractivity (Wildman–Crippen MR) is 107 cm³/mol. The van der Waals surface area contributed by atoms with Crippen LogP contribution in [0.4, 0.5) is 0 Å². The Morgan fingerprint density at radius 3 is 2.39 bits per heavy atom. The van der Waals surface area contributed by atoms with Gasteiger partial charge in [0.1, 0.15) is 0 Å². The summed E-state index contributed by atoms with van der Waals surface area (Å²) in [5.74, 6) is -0.317. The third-order valence-electron chi connectivity index (χ3n) is 4.74. The Labute approximate surface area is 166 Å². The first-order valence-electron chi connectivity index (χ1n) is 9.53. The minimum absolute atomic E-state index is 0.0208. The van der Waals surface area contributed by atoms with Gasteiger partial charge in [-0.3, -0.25) is 4.79 Å². The van der Waals surface area contributed by atoms with Gasteiger partial charge in [-0.05, 0) is 37.0 Å². The van der Waals surface area contributed by atoms with Gasteiger partial charge in [-0.25, -0.2) is 8.42 Å². The van der Waals surface area contributed by atoms with Gasteiger partial charge in [0.05, 0.1) is 17.5 Å². The van der Waals surface area contributed by atoms with Gasteiger partial charge in [-0.2, -0.15) is 4.31 Å². The molecule has 0 radical (unpaired) electrons. The van der Waals surface area contributed by atoms with Gasteiger partial charge in [0, 0.05) is 19.7 Å². The van der Waals surface area contributed by atoms with E-state index in [1.165, 1.54) is 4.31 Å². The van der Waals surface area contributed by atoms with Gasteiger partial charge in [0.25, 0.3) is 0 Å². The second kappa shape index (κ2) is 9.82. The molecule has 1 saturated heterocycles. The summed E-state index contributed by atoms with van der Waals surface area (Å²) in [4.78, 5) is 12.6. The summed E-state index contributed by atoms with van der Waals surface area (Å²) in [5, 5.41) is 2.81. The molecule has 1 aliphatic rings. The third kappa shape index (κ3) is 5.64. The molecule has 0 spiro atoms. The fraction of sp³-hybridized carbons (Fsp3) is 0.381. The van der Waals surface area contributed by atoms with Crippen molar-refractivity contribution in [1.29, 1.82) is 0 Å². The van der Waals surface area contributed by atoms with E-state index in [0.717, 1.165) is 18.4 Å². The molecule has 0 aromatic heterocycles. The SMILES string of the molecule is O=C(CN(CCc1ccccc1)S(=O)(=O)c1ccccc1)NC[C@H]1CCCO1. The number of ether oxygens (including phenoxy) is 1. The number of hydrogen-bond donors (Lipinski definition) is 1. The van der Waals surface area contributed by atoms with Crippen molar-refractivity contribution < 1.29 is 17.9 Å². The van der Waals surface area contributed by atoms with Crippen LogP contribution in [0.15, 0.2) is 65.6 Å². The number of amides is 1. The summed E-state index contributed by atoms with van der Waals surface area (Å²) >= 11 is 0. The topological polar surface area (TPSA) is 75.7 Å². The van der Waals surface area contributed by atoms with E-state index in [1.807, 2.05) is 30.3 Å². The zero-order chi connectivity index (χ0) is 19.8. The summed E-state index contributed by atoms with van der Waals surface area (Å²) in [6.07, 6.45) is 2.46. The second-order valence-electron chi connectivity index (χ2n) is 6.83. The molecule has 150 valence electrons. The Bertz CT molecular complexity index is 850. The Kier molecular flexibility index (Phi) is 7.19. The minimum Gasteiger partial charge on any atom is -0.376 e. The van der Waals surface area contributed by atoms with Crippen LogP contribution in [0.2, 0.25) is 0 Å². The molecule has 0 bridgehead atoms. The number of carbonyl (C=O) groups excluding carboxylic acids is 1. The predicted octanol–water partition coefficient (Wildman–Crippen LogP) is 2.22. The molecule has 1 aliphatic heterocycles. The number of rotatable bonds is 9. The van der Waals surface area contributed by atoms with Crippen molar-refractivity contribution in [2.45, 2.75) is 30.3 Å². The molecule has 2 aromatic rings. The van der Waals surface area contributed by atoms with Crippen LogP contribution in [-0.4, -0.2) is 51.0 Å². The second-order valence-corrected chi connectivity index (χ2v) is 8.76. The summed E-state index contributed by atoms with van der Waals surface area (Å²) in [7, 11) is -3.76. The molecule has 1 atom stereocenters. The van der Waals surface area contributed by atoms with Crippen LogP contribution in [0.25, 0.3) is 0 Å². The largest absolute Gasteiger partial charge is 0.376 e. The van der Waals surface area contributed by atoms with Crippen molar-refractivity contribution >= 4 is 15.9 Å². The molecule has 7 heteroatoms. The van der Waals surface area contributed by atoms with E-state index >= 15 is 0 Å². The zero-order valence-electron chi connectivity index (χ0n) is 15.8. The van der Waals surface area contributed by atoms with Crippen LogP contribution < -0.4 is 5.32 Å². The lowest BCUT2D eigenvalue weighted by atomic mass is 10.1. The maximum absolute atomic E-state index is 13.1. The molecular formula is C21H26N2O4S. The lowest BCUT2D eigenvalue weighted by Gasteiger charge is -2.22. The van der Waals surface area contributed by atoms with Gasteiger partial charge in [-0.15, -0.1) is 0 Å². The highest BCUT2D eigenvalue weighted by atomic mass is 32.2. The van der Waals surface area contributed by atoms with E-state index in [4.69, 9.17) is 4.74 Å².